The first-order chi connectivity index (χ1) is 6.45. The van der Waals surface area contributed by atoms with Gasteiger partial charge in [0, 0.05) is 10.6 Å². The fraction of sp³-hybridized carbons (Fsp3) is 0.143. The number of nitrogens with two attached hydrogens (primary N) is 1. The molecule has 1 rings (SSSR count). The van der Waals surface area contributed by atoms with E-state index in [2.05, 4.69) is 10.0 Å². The van der Waals surface area contributed by atoms with Crippen LogP contribution in [0.25, 0.3) is 10.4 Å². The van der Waals surface area contributed by atoms with Crippen molar-refractivity contribution in [1.82, 2.24) is 0 Å². The molecule has 1 aromatic rings. The van der Waals surface area contributed by atoms with Gasteiger partial charge in [-0.3, -0.25) is 0 Å². The number of azide groups is 1. The first-order valence-corrected chi connectivity index (χ1v) is 5.18. The molecule has 0 saturated heterocycles. The van der Waals surface area contributed by atoms with E-state index in [4.69, 9.17) is 10.7 Å². The number of hydrogen-bond donors (Lipinski definition) is 1. The molecule has 0 amide bonds. The standard InChI is InChI=1S/C7H8N4O2S/c1-5-2-3-6(14(9,12)13)4-7(5)10-11-8/h2-4H,1H3,(H2,9,12,13). The Morgan fingerprint density at radius 1 is 1.50 bits per heavy atom. The van der Waals surface area contributed by atoms with Gasteiger partial charge >= 0.3 is 0 Å². The quantitative estimate of drug-likeness (QED) is 0.456. The fourth-order valence-electron chi connectivity index (χ4n) is 0.922. The van der Waals surface area contributed by atoms with Crippen LogP contribution in [0.3, 0.4) is 0 Å². The number of nitrogens with zero attached hydrogens (tertiary/aromatic N) is 3. The van der Waals surface area contributed by atoms with Gasteiger partial charge < -0.3 is 0 Å². The van der Waals surface area contributed by atoms with E-state index in [0.29, 0.717) is 5.56 Å². The molecule has 7 heteroatoms. The summed E-state index contributed by atoms with van der Waals surface area (Å²) in [5.41, 5.74) is 9.17. The molecule has 6 nitrogen and oxygen atoms in total. The van der Waals surface area contributed by atoms with Crippen molar-refractivity contribution < 1.29 is 8.42 Å². The number of hydrogen-bond acceptors (Lipinski definition) is 3. The van der Waals surface area contributed by atoms with E-state index in [9.17, 15) is 8.42 Å². The van der Waals surface area contributed by atoms with E-state index in [1.54, 1.807) is 6.92 Å². The Labute approximate surface area is 81.0 Å². The maximum Gasteiger partial charge on any atom is 0.238 e. The van der Waals surface area contributed by atoms with Gasteiger partial charge in [0.1, 0.15) is 0 Å². The van der Waals surface area contributed by atoms with Gasteiger partial charge in [-0.15, -0.1) is 0 Å². The van der Waals surface area contributed by atoms with Crippen LogP contribution >= 0.6 is 0 Å². The number of sulfonamides is 1. The molecule has 0 saturated carbocycles. The van der Waals surface area contributed by atoms with Gasteiger partial charge in [-0.2, -0.15) is 0 Å². The lowest BCUT2D eigenvalue weighted by atomic mass is 10.2. The van der Waals surface area contributed by atoms with Crippen LogP contribution in [0.15, 0.2) is 28.2 Å². The summed E-state index contributed by atoms with van der Waals surface area (Å²) in [4.78, 5) is 2.51. The molecule has 0 spiro atoms. The Hall–Kier alpha value is -1.56. The van der Waals surface area contributed by atoms with Crippen LogP contribution in [0, 0.1) is 6.92 Å². The van der Waals surface area contributed by atoms with Gasteiger partial charge in [0.2, 0.25) is 10.0 Å². The molecule has 0 bridgehead atoms. The molecule has 0 unspecified atom stereocenters. The second kappa shape index (κ2) is 3.67. The zero-order chi connectivity index (χ0) is 10.8. The van der Waals surface area contributed by atoms with Crippen LogP contribution < -0.4 is 5.14 Å². The highest BCUT2D eigenvalue weighted by Crippen LogP contribution is 2.22. The molecular weight excluding hydrogens is 204 g/mol. The maximum absolute atomic E-state index is 10.9. The van der Waals surface area contributed by atoms with Crippen molar-refractivity contribution >= 4 is 15.7 Å². The number of benzene rings is 1. The van der Waals surface area contributed by atoms with Gasteiger partial charge in [0.15, 0.2) is 0 Å². The van der Waals surface area contributed by atoms with Gasteiger partial charge in [0.25, 0.3) is 0 Å². The summed E-state index contributed by atoms with van der Waals surface area (Å²) in [7, 11) is -3.74. The van der Waals surface area contributed by atoms with Crippen LogP contribution in [0.2, 0.25) is 0 Å². The summed E-state index contributed by atoms with van der Waals surface area (Å²) in [6.07, 6.45) is 0. The summed E-state index contributed by atoms with van der Waals surface area (Å²) in [5, 5.41) is 8.25. The second-order valence-corrected chi connectivity index (χ2v) is 4.24. The van der Waals surface area contributed by atoms with Crippen molar-refractivity contribution in [2.24, 2.45) is 10.3 Å². The molecule has 0 aliphatic heterocycles. The normalized spacial score (nSPS) is 10.7. The first kappa shape index (κ1) is 10.5. The maximum atomic E-state index is 10.9. The lowest BCUT2D eigenvalue weighted by Crippen LogP contribution is -2.11. The largest absolute Gasteiger partial charge is 0.238 e. The van der Waals surface area contributed by atoms with Gasteiger partial charge in [-0.1, -0.05) is 11.2 Å². The van der Waals surface area contributed by atoms with Crippen molar-refractivity contribution in [3.8, 4) is 0 Å². The second-order valence-electron chi connectivity index (χ2n) is 2.68. The third kappa shape index (κ3) is 2.23. The Balaban J connectivity index is 3.41. The molecule has 74 valence electrons. The average Bonchev–Trinajstić information content (AvgIpc) is 2.07. The first-order valence-electron chi connectivity index (χ1n) is 3.63. The third-order valence-corrected chi connectivity index (χ3v) is 2.57. The van der Waals surface area contributed by atoms with Crippen molar-refractivity contribution in [2.75, 3.05) is 0 Å². The lowest BCUT2D eigenvalue weighted by molar-refractivity contribution is 0.598. The minimum absolute atomic E-state index is 0.0644. The van der Waals surface area contributed by atoms with Crippen LogP contribution in [-0.2, 0) is 10.0 Å². The van der Waals surface area contributed by atoms with E-state index >= 15 is 0 Å². The minimum atomic E-state index is -3.74. The minimum Gasteiger partial charge on any atom is -0.225 e. The van der Waals surface area contributed by atoms with E-state index in [1.807, 2.05) is 0 Å². The highest BCUT2D eigenvalue weighted by atomic mass is 32.2. The Morgan fingerprint density at radius 2 is 2.14 bits per heavy atom. The predicted molar refractivity (Wildman–Crippen MR) is 51.4 cm³/mol. The molecule has 0 heterocycles. The Kier molecular flexibility index (Phi) is 2.76. The molecule has 0 atom stereocenters. The molecule has 0 aromatic heterocycles. The Morgan fingerprint density at radius 3 is 2.64 bits per heavy atom. The molecule has 1 aromatic carbocycles. The van der Waals surface area contributed by atoms with Gasteiger partial charge in [-0.25, -0.2) is 13.6 Å². The van der Waals surface area contributed by atoms with Crippen molar-refractivity contribution in [3.63, 3.8) is 0 Å². The highest BCUT2D eigenvalue weighted by Gasteiger charge is 2.08. The van der Waals surface area contributed by atoms with Crippen molar-refractivity contribution in [3.05, 3.63) is 34.2 Å². The van der Waals surface area contributed by atoms with E-state index < -0.39 is 10.0 Å². The highest BCUT2D eigenvalue weighted by molar-refractivity contribution is 7.89. The smallest absolute Gasteiger partial charge is 0.225 e. The number of rotatable bonds is 2. The van der Waals surface area contributed by atoms with E-state index in [-0.39, 0.29) is 10.6 Å². The topological polar surface area (TPSA) is 109 Å². The summed E-state index contributed by atoms with van der Waals surface area (Å²) in [5.74, 6) is 0. The zero-order valence-electron chi connectivity index (χ0n) is 7.38. The lowest BCUT2D eigenvalue weighted by Gasteiger charge is -2.01. The molecular formula is C7H8N4O2S. The van der Waals surface area contributed by atoms with E-state index in [1.165, 1.54) is 18.2 Å². The molecule has 0 fully saturated rings. The Bertz CT molecular complexity index is 502. The van der Waals surface area contributed by atoms with Crippen molar-refractivity contribution in [1.29, 1.82) is 0 Å². The average molecular weight is 212 g/mol. The molecule has 14 heavy (non-hydrogen) atoms. The van der Waals surface area contributed by atoms with Crippen LogP contribution in [0.1, 0.15) is 5.56 Å². The molecule has 0 aliphatic rings. The monoisotopic (exact) mass is 212 g/mol. The summed E-state index contributed by atoms with van der Waals surface area (Å²) >= 11 is 0. The molecule has 0 radical (unpaired) electrons. The number of primary sulfonamides is 1. The third-order valence-electron chi connectivity index (χ3n) is 1.66. The molecule has 2 N–H and O–H groups in total. The summed E-state index contributed by atoms with van der Waals surface area (Å²) in [6.45, 7) is 1.71. The zero-order valence-corrected chi connectivity index (χ0v) is 8.19. The SMILES string of the molecule is Cc1ccc(S(N)(=O)=O)cc1N=[N+]=[N-]. The van der Waals surface area contributed by atoms with Crippen LogP contribution in [0.5, 0.6) is 0 Å². The fourth-order valence-corrected chi connectivity index (χ4v) is 1.46. The predicted octanol–water partition coefficient (Wildman–Crippen LogP) is 1.58. The van der Waals surface area contributed by atoms with Crippen LogP contribution in [0.4, 0.5) is 5.69 Å². The summed E-state index contributed by atoms with van der Waals surface area (Å²) < 4.78 is 21.9. The van der Waals surface area contributed by atoms with Crippen molar-refractivity contribution in [2.45, 2.75) is 11.8 Å². The van der Waals surface area contributed by atoms with Gasteiger partial charge in [-0.05, 0) is 30.2 Å². The number of aryl methyl sites for hydroxylation is 1. The van der Waals surface area contributed by atoms with Crippen LogP contribution in [-0.4, -0.2) is 8.42 Å². The van der Waals surface area contributed by atoms with E-state index in [0.717, 1.165) is 0 Å². The molecule has 0 aliphatic carbocycles. The summed E-state index contributed by atoms with van der Waals surface area (Å²) in [6, 6.07) is 4.13. The van der Waals surface area contributed by atoms with Gasteiger partial charge in [0.05, 0.1) is 4.90 Å².